The lowest BCUT2D eigenvalue weighted by molar-refractivity contribution is -0.00000651. The number of halogens is 1. The van der Waals surface area contributed by atoms with Crippen molar-refractivity contribution < 1.29 is 23.7 Å². The highest BCUT2D eigenvalue weighted by molar-refractivity contribution is 5.35. The second-order valence-electron chi connectivity index (χ2n) is 6.07. The second-order valence-corrected chi connectivity index (χ2v) is 6.07. The maximum absolute atomic E-state index is 10.2. The van der Waals surface area contributed by atoms with Crippen LogP contribution in [0.3, 0.4) is 0 Å². The van der Waals surface area contributed by atoms with Crippen LogP contribution in [-0.4, -0.2) is 41.8 Å². The zero-order chi connectivity index (χ0) is 14.5. The Bertz CT molecular complexity index is 445. The van der Waals surface area contributed by atoms with Gasteiger partial charge >= 0.3 is 1.43 Å². The van der Waals surface area contributed by atoms with Gasteiger partial charge in [-0.05, 0) is 57.4 Å². The number of β-amino-alcohol motifs (C(OH)–C–C–N with tert-alkyl or cyclic N) is 1. The number of aliphatic hydroxyl groups excluding tert-OH is 1. The third-order valence-electron chi connectivity index (χ3n) is 4.16. The Morgan fingerprint density at radius 2 is 2.14 bits per heavy atom. The number of rotatable bonds is 5. The van der Waals surface area contributed by atoms with Crippen LogP contribution in [0.2, 0.25) is 0 Å². The second kappa shape index (κ2) is 8.62. The third-order valence-corrected chi connectivity index (χ3v) is 4.16. The molecule has 0 bridgehead atoms. The summed E-state index contributed by atoms with van der Waals surface area (Å²) in [6, 6.07) is 6.75. The molecule has 0 radical (unpaired) electrons. The van der Waals surface area contributed by atoms with Crippen LogP contribution in [-0.2, 0) is 0 Å². The maximum atomic E-state index is 10.2. The van der Waals surface area contributed by atoms with Gasteiger partial charge < -0.3 is 22.3 Å². The summed E-state index contributed by atoms with van der Waals surface area (Å²) >= 11 is 0. The first kappa shape index (κ1) is 18.3. The Morgan fingerprint density at radius 1 is 1.38 bits per heavy atom. The van der Waals surface area contributed by atoms with Crippen molar-refractivity contribution in [1.82, 2.24) is 4.90 Å². The first-order valence-corrected chi connectivity index (χ1v) is 7.68. The molecule has 0 aromatic heterocycles. The van der Waals surface area contributed by atoms with E-state index in [4.69, 9.17) is 4.74 Å². The van der Waals surface area contributed by atoms with Gasteiger partial charge in [0.05, 0.1) is 0 Å². The number of aliphatic hydroxyl groups is 1. The predicted octanol–water partition coefficient (Wildman–Crippen LogP) is 0.0340. The van der Waals surface area contributed by atoms with Gasteiger partial charge in [-0.15, -0.1) is 0 Å². The minimum atomic E-state index is -0.421. The lowest BCUT2D eigenvalue weighted by Gasteiger charge is -2.34. The summed E-state index contributed by atoms with van der Waals surface area (Å²) < 4.78 is 5.78. The molecular weight excluding hydrogens is 286 g/mol. The van der Waals surface area contributed by atoms with Crippen molar-refractivity contribution in [3.63, 3.8) is 0 Å². The van der Waals surface area contributed by atoms with Crippen molar-refractivity contribution in [2.75, 3.05) is 19.7 Å². The fraction of sp³-hybridized carbons (Fsp3) is 0.647. The van der Waals surface area contributed by atoms with Crippen molar-refractivity contribution in [3.8, 4) is 5.75 Å². The van der Waals surface area contributed by atoms with Gasteiger partial charge in [-0.1, -0.05) is 18.6 Å². The monoisotopic (exact) mass is 313 g/mol. The summed E-state index contributed by atoms with van der Waals surface area (Å²) in [4.78, 5) is 2.38. The molecule has 1 aromatic carbocycles. The van der Waals surface area contributed by atoms with Crippen LogP contribution >= 0.6 is 0 Å². The normalized spacial score (nSPS) is 20.7. The number of benzene rings is 1. The summed E-state index contributed by atoms with van der Waals surface area (Å²) in [6.07, 6.45) is 3.38. The number of hydrogen-bond acceptors (Lipinski definition) is 3. The Labute approximate surface area is 136 Å². The average molecular weight is 314 g/mol. The van der Waals surface area contributed by atoms with Gasteiger partial charge in [0.1, 0.15) is 18.5 Å². The van der Waals surface area contributed by atoms with Crippen LogP contribution in [0.5, 0.6) is 5.75 Å². The molecule has 1 N–H and O–H groups in total. The minimum absolute atomic E-state index is 0. The van der Waals surface area contributed by atoms with Crippen molar-refractivity contribution in [2.24, 2.45) is 0 Å². The van der Waals surface area contributed by atoms with Crippen molar-refractivity contribution in [1.29, 1.82) is 0 Å². The topological polar surface area (TPSA) is 32.7 Å². The summed E-state index contributed by atoms with van der Waals surface area (Å²) in [7, 11) is 0. The molecule has 0 saturated carbocycles. The molecule has 2 rings (SSSR count). The fourth-order valence-electron chi connectivity index (χ4n) is 2.80. The van der Waals surface area contributed by atoms with E-state index in [9.17, 15) is 5.11 Å². The van der Waals surface area contributed by atoms with Crippen LogP contribution in [0.1, 0.15) is 38.7 Å². The van der Waals surface area contributed by atoms with Crippen LogP contribution in [0.25, 0.3) is 0 Å². The number of nitrogens with zero attached hydrogens (tertiary/aromatic N) is 1. The Balaban J connectivity index is 0.00000220. The quantitative estimate of drug-likeness (QED) is 0.833. The molecule has 0 spiro atoms. The molecule has 120 valence electrons. The molecule has 21 heavy (non-hydrogen) atoms. The molecular formula is C17H28ClNO2. The van der Waals surface area contributed by atoms with Crippen LogP contribution in [0, 0.1) is 13.8 Å². The van der Waals surface area contributed by atoms with Crippen molar-refractivity contribution >= 4 is 0 Å². The number of ether oxygens (including phenoxy) is 1. The molecule has 1 aromatic rings. The van der Waals surface area contributed by atoms with E-state index < -0.39 is 6.10 Å². The summed E-state index contributed by atoms with van der Waals surface area (Å²) in [6.45, 7) is 8.52. The molecule has 3 nitrogen and oxygen atoms in total. The molecule has 4 heteroatoms. The lowest BCUT2D eigenvalue weighted by Crippen LogP contribution is -3.00. The van der Waals surface area contributed by atoms with E-state index in [1.165, 1.54) is 24.8 Å². The van der Waals surface area contributed by atoms with Crippen LogP contribution < -0.4 is 17.1 Å². The van der Waals surface area contributed by atoms with E-state index in [1.807, 2.05) is 13.0 Å². The molecule has 2 atom stereocenters. The van der Waals surface area contributed by atoms with Crippen molar-refractivity contribution in [2.45, 2.75) is 52.2 Å². The zero-order valence-corrected chi connectivity index (χ0v) is 14.1. The van der Waals surface area contributed by atoms with Crippen LogP contribution in [0.15, 0.2) is 18.2 Å². The van der Waals surface area contributed by atoms with E-state index in [2.05, 4.69) is 30.9 Å². The van der Waals surface area contributed by atoms with Gasteiger partial charge in [0, 0.05) is 12.6 Å². The van der Waals surface area contributed by atoms with E-state index in [1.54, 1.807) is 0 Å². The van der Waals surface area contributed by atoms with Crippen molar-refractivity contribution in [3.05, 3.63) is 29.3 Å². The van der Waals surface area contributed by atoms with Gasteiger partial charge in [-0.3, -0.25) is 4.90 Å². The van der Waals surface area contributed by atoms with E-state index >= 15 is 0 Å². The van der Waals surface area contributed by atoms with Gasteiger partial charge in [0.25, 0.3) is 0 Å². The summed E-state index contributed by atoms with van der Waals surface area (Å²) in [5.74, 6) is 0.885. The fourth-order valence-corrected chi connectivity index (χ4v) is 2.80. The number of piperidine rings is 1. The Morgan fingerprint density at radius 3 is 2.86 bits per heavy atom. The molecule has 0 amide bonds. The van der Waals surface area contributed by atoms with Gasteiger partial charge in [0.15, 0.2) is 0 Å². The zero-order valence-electron chi connectivity index (χ0n) is 14.3. The molecule has 0 aliphatic carbocycles. The maximum Gasteiger partial charge on any atom is 1.00 e. The highest BCUT2D eigenvalue weighted by Crippen LogP contribution is 2.20. The number of hydrogen-bond donors (Lipinski definition) is 1. The molecule has 1 aliphatic heterocycles. The van der Waals surface area contributed by atoms with Gasteiger partial charge in [0.2, 0.25) is 0 Å². The third kappa shape index (κ3) is 5.50. The first-order valence-electron chi connectivity index (χ1n) is 7.68. The highest BCUT2D eigenvalue weighted by atomic mass is 35.5. The van der Waals surface area contributed by atoms with Crippen LogP contribution in [0.4, 0.5) is 0 Å². The number of likely N-dealkylation sites (tertiary alicyclic amines) is 1. The lowest BCUT2D eigenvalue weighted by atomic mass is 10.0. The predicted molar refractivity (Wildman–Crippen MR) is 83.4 cm³/mol. The summed E-state index contributed by atoms with van der Waals surface area (Å²) in [5.41, 5.74) is 2.30. The number of aryl methyl sites for hydroxylation is 2. The summed E-state index contributed by atoms with van der Waals surface area (Å²) in [5, 5.41) is 10.2. The molecule has 1 fully saturated rings. The van der Waals surface area contributed by atoms with E-state index in [0.29, 0.717) is 19.2 Å². The smallest absolute Gasteiger partial charge is 1.00 e. The van der Waals surface area contributed by atoms with E-state index in [-0.39, 0.29) is 13.8 Å². The molecule has 1 heterocycles. The SMILES string of the molecule is Cc1ccc(C)c(OCC(O)CN2CCCCC2C)c1.[Cl-].[H+]. The Hall–Kier alpha value is -0.770. The first-order chi connectivity index (χ1) is 9.56. The minimum Gasteiger partial charge on any atom is -1.00 e. The molecule has 1 aliphatic rings. The Kier molecular flexibility index (Phi) is 7.50. The van der Waals surface area contributed by atoms with E-state index in [0.717, 1.165) is 17.9 Å². The largest absolute Gasteiger partial charge is 1.00 e. The average Bonchev–Trinajstić information content (AvgIpc) is 2.42. The van der Waals surface area contributed by atoms with Gasteiger partial charge in [-0.25, -0.2) is 0 Å². The highest BCUT2D eigenvalue weighted by Gasteiger charge is 2.21. The van der Waals surface area contributed by atoms with Gasteiger partial charge in [-0.2, -0.15) is 0 Å². The molecule has 2 unspecified atom stereocenters. The molecule has 1 saturated heterocycles. The standard InChI is InChI=1S/C17H27NO2.ClH/c1-13-7-8-14(2)17(10-13)20-12-16(19)11-18-9-5-4-6-15(18)3;/h7-8,10,15-16,19H,4-6,9,11-12H2,1-3H3;1H.